The van der Waals surface area contributed by atoms with Crippen molar-refractivity contribution in [3.05, 3.63) is 47.0 Å². The molecule has 0 saturated heterocycles. The van der Waals surface area contributed by atoms with E-state index in [0.717, 1.165) is 29.8 Å². The first-order valence-corrected chi connectivity index (χ1v) is 7.10. The van der Waals surface area contributed by atoms with E-state index >= 15 is 0 Å². The number of benzene rings is 1. The van der Waals surface area contributed by atoms with Gasteiger partial charge >= 0.3 is 6.18 Å². The average Bonchev–Trinajstić information content (AvgIpc) is 2.49. The number of halogens is 3. The van der Waals surface area contributed by atoms with E-state index in [1.165, 1.54) is 0 Å². The second-order valence-electron chi connectivity index (χ2n) is 5.50. The van der Waals surface area contributed by atoms with Crippen LogP contribution < -0.4 is 11.1 Å². The Labute approximate surface area is 137 Å². The number of hydrogen-bond donors (Lipinski definition) is 3. The number of aliphatic hydroxyl groups excluding tert-OH is 1. The van der Waals surface area contributed by atoms with Crippen LogP contribution in [0.25, 0.3) is 0 Å². The van der Waals surface area contributed by atoms with Gasteiger partial charge in [0, 0.05) is 0 Å². The highest BCUT2D eigenvalue weighted by Gasteiger charge is 2.31. The van der Waals surface area contributed by atoms with E-state index < -0.39 is 35.7 Å². The van der Waals surface area contributed by atoms with Gasteiger partial charge in [0.05, 0.1) is 5.56 Å². The molecule has 4 N–H and O–H groups in total. The summed E-state index contributed by atoms with van der Waals surface area (Å²) in [7, 11) is 0. The molecule has 2 atom stereocenters. The zero-order chi connectivity index (χ0) is 18.5. The Balaban J connectivity index is 2.82. The fourth-order valence-electron chi connectivity index (χ4n) is 1.86. The Morgan fingerprint density at radius 1 is 1.25 bits per heavy atom. The zero-order valence-electron chi connectivity index (χ0n) is 13.2. The average molecular weight is 344 g/mol. The zero-order valence-corrected chi connectivity index (χ0v) is 13.2. The molecule has 0 spiro atoms. The third kappa shape index (κ3) is 5.69. The number of nitrogens with two attached hydrogens (primary N) is 1. The summed E-state index contributed by atoms with van der Waals surface area (Å²) in [6.45, 7) is 3.61. The predicted octanol–water partition coefficient (Wildman–Crippen LogP) is 2.07. The van der Waals surface area contributed by atoms with Gasteiger partial charge in [-0.25, -0.2) is 0 Å². The smallest absolute Gasteiger partial charge is 0.378 e. The van der Waals surface area contributed by atoms with Crippen molar-refractivity contribution in [2.24, 2.45) is 5.73 Å². The van der Waals surface area contributed by atoms with Gasteiger partial charge < -0.3 is 16.2 Å². The molecule has 5 nitrogen and oxygen atoms in total. The van der Waals surface area contributed by atoms with Gasteiger partial charge in [-0.2, -0.15) is 13.2 Å². The van der Waals surface area contributed by atoms with E-state index in [-0.39, 0.29) is 12.0 Å². The molecule has 1 rings (SSSR count). The number of aliphatic hydroxyl groups is 1. The van der Waals surface area contributed by atoms with Crippen molar-refractivity contribution < 1.29 is 27.9 Å². The van der Waals surface area contributed by atoms with E-state index in [4.69, 9.17) is 5.73 Å². The van der Waals surface area contributed by atoms with Crippen LogP contribution in [0.15, 0.2) is 35.9 Å². The molecule has 24 heavy (non-hydrogen) atoms. The number of allylic oxidation sites excluding steroid dienone is 1. The van der Waals surface area contributed by atoms with Gasteiger partial charge in [-0.3, -0.25) is 9.59 Å². The molecule has 0 bridgehead atoms. The molecule has 0 aromatic heterocycles. The minimum Gasteiger partial charge on any atom is -0.378 e. The van der Waals surface area contributed by atoms with Crippen molar-refractivity contribution in [3.8, 4) is 0 Å². The summed E-state index contributed by atoms with van der Waals surface area (Å²) in [6, 6.07) is 2.52. The maximum absolute atomic E-state index is 12.5. The van der Waals surface area contributed by atoms with Crippen LogP contribution in [-0.2, 0) is 15.8 Å². The van der Waals surface area contributed by atoms with Gasteiger partial charge in [-0.1, -0.05) is 23.8 Å². The maximum atomic E-state index is 12.5. The van der Waals surface area contributed by atoms with Gasteiger partial charge in [0.2, 0.25) is 5.91 Å². The summed E-state index contributed by atoms with van der Waals surface area (Å²) in [5.41, 5.74) is 5.19. The van der Waals surface area contributed by atoms with Gasteiger partial charge in [0.15, 0.2) is 6.10 Å². The SMILES string of the molecule is CC(C)=CC[C@@H](NC(=O)[C@@H](O)c1ccc(C(F)(F)F)cc1)C(N)=O. The fraction of sp³-hybridized carbons (Fsp3) is 0.375. The molecule has 1 aromatic rings. The van der Waals surface area contributed by atoms with Crippen molar-refractivity contribution in [3.63, 3.8) is 0 Å². The third-order valence-electron chi connectivity index (χ3n) is 3.22. The molecule has 0 aliphatic carbocycles. The molecule has 132 valence electrons. The van der Waals surface area contributed by atoms with Gasteiger partial charge in [0.1, 0.15) is 6.04 Å². The Hall–Kier alpha value is -2.35. The highest BCUT2D eigenvalue weighted by atomic mass is 19.4. The number of amides is 2. The van der Waals surface area contributed by atoms with Crippen molar-refractivity contribution in [2.75, 3.05) is 0 Å². The first-order chi connectivity index (χ1) is 11.0. The van der Waals surface area contributed by atoms with Crippen molar-refractivity contribution in [1.29, 1.82) is 0 Å². The van der Waals surface area contributed by atoms with Crippen molar-refractivity contribution >= 4 is 11.8 Å². The third-order valence-corrected chi connectivity index (χ3v) is 3.22. The molecule has 0 fully saturated rings. The van der Waals surface area contributed by atoms with E-state index in [1.54, 1.807) is 19.9 Å². The van der Waals surface area contributed by atoms with Crippen LogP contribution in [0.3, 0.4) is 0 Å². The highest BCUT2D eigenvalue weighted by molar-refractivity contribution is 5.89. The van der Waals surface area contributed by atoms with Gasteiger partial charge in [0.25, 0.3) is 5.91 Å². The van der Waals surface area contributed by atoms with E-state index in [2.05, 4.69) is 5.32 Å². The molecule has 1 aromatic carbocycles. The minimum atomic E-state index is -4.51. The van der Waals surface area contributed by atoms with Crippen LogP contribution in [0.2, 0.25) is 0 Å². The summed E-state index contributed by atoms with van der Waals surface area (Å²) in [4.78, 5) is 23.3. The number of alkyl halides is 3. The molecular weight excluding hydrogens is 325 g/mol. The lowest BCUT2D eigenvalue weighted by Crippen LogP contribution is -2.45. The van der Waals surface area contributed by atoms with E-state index in [1.807, 2.05) is 0 Å². The normalized spacial score (nSPS) is 13.8. The lowest BCUT2D eigenvalue weighted by atomic mass is 10.0. The van der Waals surface area contributed by atoms with Gasteiger partial charge in [-0.05, 0) is 38.0 Å². The second kappa shape index (κ2) is 7.96. The lowest BCUT2D eigenvalue weighted by Gasteiger charge is -2.17. The number of rotatable bonds is 6. The monoisotopic (exact) mass is 344 g/mol. The summed E-state index contributed by atoms with van der Waals surface area (Å²) in [6.07, 6.45) is -4.36. The Bertz CT molecular complexity index is 620. The van der Waals surface area contributed by atoms with E-state index in [0.29, 0.717) is 0 Å². The van der Waals surface area contributed by atoms with Crippen LogP contribution in [0.1, 0.15) is 37.5 Å². The molecule has 0 saturated carbocycles. The van der Waals surface area contributed by atoms with Crippen molar-refractivity contribution in [1.82, 2.24) is 5.32 Å². The minimum absolute atomic E-state index is 0.0223. The Kier molecular flexibility index (Phi) is 6.53. The molecule has 0 aliphatic heterocycles. The summed E-state index contributed by atoms with van der Waals surface area (Å²) in [5.74, 6) is -1.69. The number of carbonyl (C=O) groups excluding carboxylic acids is 2. The number of primary amides is 1. The molecule has 0 unspecified atom stereocenters. The maximum Gasteiger partial charge on any atom is 0.416 e. The van der Waals surface area contributed by atoms with Crippen molar-refractivity contribution in [2.45, 2.75) is 38.6 Å². The Morgan fingerprint density at radius 3 is 2.21 bits per heavy atom. The number of carbonyl (C=O) groups is 2. The van der Waals surface area contributed by atoms with Crippen LogP contribution in [-0.4, -0.2) is 23.0 Å². The quantitative estimate of drug-likeness (QED) is 0.690. The lowest BCUT2D eigenvalue weighted by molar-refractivity contribution is -0.137. The largest absolute Gasteiger partial charge is 0.416 e. The number of nitrogens with one attached hydrogen (secondary N) is 1. The number of hydrogen-bond acceptors (Lipinski definition) is 3. The topological polar surface area (TPSA) is 92.4 Å². The first-order valence-electron chi connectivity index (χ1n) is 7.10. The Morgan fingerprint density at radius 2 is 1.79 bits per heavy atom. The molecule has 0 aliphatic rings. The van der Waals surface area contributed by atoms with Gasteiger partial charge in [-0.15, -0.1) is 0 Å². The summed E-state index contributed by atoms with van der Waals surface area (Å²) < 4.78 is 37.5. The first kappa shape index (κ1) is 19.7. The molecular formula is C16H19F3N2O3. The summed E-state index contributed by atoms with van der Waals surface area (Å²) in [5, 5.41) is 12.2. The standard InChI is InChI=1S/C16H19F3N2O3/c1-9(2)3-8-12(14(20)23)21-15(24)13(22)10-4-6-11(7-5-10)16(17,18)19/h3-7,12-13,22H,8H2,1-2H3,(H2,20,23)(H,21,24)/t12-,13+/m1/s1. The highest BCUT2D eigenvalue weighted by Crippen LogP contribution is 2.29. The van der Waals surface area contributed by atoms with E-state index in [9.17, 15) is 27.9 Å². The molecule has 8 heteroatoms. The van der Waals surface area contributed by atoms with Crippen LogP contribution in [0.4, 0.5) is 13.2 Å². The molecule has 0 radical (unpaired) electrons. The van der Waals surface area contributed by atoms with Crippen LogP contribution in [0.5, 0.6) is 0 Å². The molecule has 2 amide bonds. The predicted molar refractivity (Wildman–Crippen MR) is 81.6 cm³/mol. The van der Waals surface area contributed by atoms with Crippen LogP contribution >= 0.6 is 0 Å². The molecule has 0 heterocycles. The van der Waals surface area contributed by atoms with Crippen LogP contribution in [0, 0.1) is 0 Å². The second-order valence-corrected chi connectivity index (χ2v) is 5.50. The fourth-order valence-corrected chi connectivity index (χ4v) is 1.86. The summed E-state index contributed by atoms with van der Waals surface area (Å²) >= 11 is 0.